The van der Waals surface area contributed by atoms with Gasteiger partial charge in [-0.05, 0) is 42.3 Å². The van der Waals surface area contributed by atoms with E-state index in [1.54, 1.807) is 30.2 Å². The number of likely N-dealkylation sites (tertiary alicyclic amines) is 1. The van der Waals surface area contributed by atoms with Crippen LogP contribution in [0.3, 0.4) is 0 Å². The molecule has 0 bridgehead atoms. The van der Waals surface area contributed by atoms with Crippen LogP contribution in [0, 0.1) is 5.82 Å². The number of hydrogen-bond acceptors (Lipinski definition) is 7. The molecular formula is C30H40FN5O4. The van der Waals surface area contributed by atoms with E-state index in [0.29, 0.717) is 43.9 Å². The maximum absolute atomic E-state index is 13.9. The van der Waals surface area contributed by atoms with Crippen LogP contribution in [0.5, 0.6) is 5.75 Å². The molecule has 0 radical (unpaired) electrons. The zero-order chi connectivity index (χ0) is 27.9. The van der Waals surface area contributed by atoms with Crippen LogP contribution in [0.15, 0.2) is 48.5 Å². The number of halogens is 1. The third-order valence-corrected chi connectivity index (χ3v) is 8.19. The molecule has 3 heterocycles. The summed E-state index contributed by atoms with van der Waals surface area (Å²) >= 11 is 0. The summed E-state index contributed by atoms with van der Waals surface area (Å²) in [5.41, 5.74) is 1.52. The van der Waals surface area contributed by atoms with Gasteiger partial charge in [-0.2, -0.15) is 0 Å². The van der Waals surface area contributed by atoms with Crippen molar-refractivity contribution in [2.45, 2.75) is 25.0 Å². The van der Waals surface area contributed by atoms with Crippen LogP contribution in [0.25, 0.3) is 0 Å². The van der Waals surface area contributed by atoms with Crippen molar-refractivity contribution in [3.63, 3.8) is 0 Å². The smallest absolute Gasteiger partial charge is 0.254 e. The number of nitrogens with zero attached hydrogens (tertiary/aromatic N) is 4. The fraction of sp³-hybridized carbons (Fsp3) is 0.533. The van der Waals surface area contributed by atoms with Gasteiger partial charge in [0.2, 0.25) is 5.91 Å². The summed E-state index contributed by atoms with van der Waals surface area (Å²) in [7, 11) is 1.58. The number of amides is 2. The van der Waals surface area contributed by atoms with Crippen molar-refractivity contribution in [1.29, 1.82) is 0 Å². The van der Waals surface area contributed by atoms with Crippen molar-refractivity contribution in [1.82, 2.24) is 24.9 Å². The molecule has 5 rings (SSSR count). The van der Waals surface area contributed by atoms with Crippen molar-refractivity contribution in [3.05, 3.63) is 65.5 Å². The highest BCUT2D eigenvalue weighted by atomic mass is 19.1. The highest BCUT2D eigenvalue weighted by Crippen LogP contribution is 2.28. The minimum absolute atomic E-state index is 0.00941. The Morgan fingerprint density at radius 1 is 1.07 bits per heavy atom. The van der Waals surface area contributed by atoms with Crippen LogP contribution >= 0.6 is 0 Å². The van der Waals surface area contributed by atoms with Crippen molar-refractivity contribution < 1.29 is 23.5 Å². The molecule has 0 aliphatic carbocycles. The number of carbonyl (C=O) groups excluding carboxylic acids is 2. The van der Waals surface area contributed by atoms with Gasteiger partial charge in [0.15, 0.2) is 0 Å². The molecule has 216 valence electrons. The number of hydrogen-bond donors (Lipinski definition) is 1. The zero-order valence-electron chi connectivity index (χ0n) is 23.3. The van der Waals surface area contributed by atoms with E-state index in [-0.39, 0.29) is 23.7 Å². The summed E-state index contributed by atoms with van der Waals surface area (Å²) in [6.45, 7) is 8.71. The Labute approximate surface area is 235 Å². The number of methoxy groups -OCH3 is 1. The van der Waals surface area contributed by atoms with Gasteiger partial charge in [-0.15, -0.1) is 0 Å². The van der Waals surface area contributed by atoms with Crippen LogP contribution in [-0.4, -0.2) is 123 Å². The van der Waals surface area contributed by atoms with Crippen LogP contribution < -0.4 is 10.1 Å². The van der Waals surface area contributed by atoms with E-state index in [9.17, 15) is 14.0 Å². The molecule has 1 N–H and O–H groups in total. The molecule has 9 nitrogen and oxygen atoms in total. The second kappa shape index (κ2) is 13.5. The van der Waals surface area contributed by atoms with E-state index >= 15 is 0 Å². The molecule has 2 aromatic rings. The SMILES string of the molecule is COc1cccc(C(=O)N2CC(N(CCN3CCOCC3)Cc3ccc(F)cc3)CC2C(=O)N2CCNCC2)c1. The normalized spacial score (nSPS) is 22.1. The molecule has 0 aromatic heterocycles. The van der Waals surface area contributed by atoms with Gasteiger partial charge in [-0.25, -0.2) is 4.39 Å². The molecule has 2 atom stereocenters. The molecule has 2 unspecified atom stereocenters. The molecule has 0 spiro atoms. The lowest BCUT2D eigenvalue weighted by molar-refractivity contribution is -0.135. The maximum atomic E-state index is 13.9. The molecule has 10 heteroatoms. The second-order valence-electron chi connectivity index (χ2n) is 10.7. The molecule has 3 fully saturated rings. The first-order chi connectivity index (χ1) is 19.5. The van der Waals surface area contributed by atoms with Gasteiger partial charge >= 0.3 is 0 Å². The lowest BCUT2D eigenvalue weighted by Gasteiger charge is -2.33. The largest absolute Gasteiger partial charge is 0.497 e. The zero-order valence-corrected chi connectivity index (χ0v) is 23.3. The van der Waals surface area contributed by atoms with E-state index in [2.05, 4.69) is 15.1 Å². The van der Waals surface area contributed by atoms with E-state index in [0.717, 1.165) is 58.0 Å². The van der Waals surface area contributed by atoms with Crippen LogP contribution in [0.4, 0.5) is 4.39 Å². The predicted octanol–water partition coefficient (Wildman–Crippen LogP) is 1.68. The Morgan fingerprint density at radius 3 is 2.55 bits per heavy atom. The van der Waals surface area contributed by atoms with Gasteiger partial charge in [-0.3, -0.25) is 19.4 Å². The Morgan fingerprint density at radius 2 is 1.82 bits per heavy atom. The number of morpholine rings is 1. The van der Waals surface area contributed by atoms with Gasteiger partial charge in [0.1, 0.15) is 17.6 Å². The molecule has 3 aliphatic rings. The van der Waals surface area contributed by atoms with Crippen molar-refractivity contribution in [2.75, 3.05) is 79.2 Å². The lowest BCUT2D eigenvalue weighted by atomic mass is 10.1. The molecule has 3 aliphatic heterocycles. The summed E-state index contributed by atoms with van der Waals surface area (Å²) in [5, 5.41) is 3.30. The summed E-state index contributed by atoms with van der Waals surface area (Å²) in [5.74, 6) is 0.191. The molecule has 2 aromatic carbocycles. The van der Waals surface area contributed by atoms with Crippen molar-refractivity contribution in [2.24, 2.45) is 0 Å². The first-order valence-corrected chi connectivity index (χ1v) is 14.2. The van der Waals surface area contributed by atoms with Gasteiger partial charge in [-0.1, -0.05) is 18.2 Å². The Balaban J connectivity index is 1.39. The topological polar surface area (TPSA) is 77.6 Å². The number of ether oxygens (including phenoxy) is 2. The first-order valence-electron chi connectivity index (χ1n) is 14.2. The van der Waals surface area contributed by atoms with Crippen molar-refractivity contribution in [3.8, 4) is 5.75 Å². The fourth-order valence-corrected chi connectivity index (χ4v) is 5.86. The molecule has 0 saturated carbocycles. The minimum atomic E-state index is -0.541. The predicted molar refractivity (Wildman–Crippen MR) is 150 cm³/mol. The summed E-state index contributed by atoms with van der Waals surface area (Å²) in [4.78, 5) is 36.1. The van der Waals surface area contributed by atoms with Crippen LogP contribution in [-0.2, 0) is 16.1 Å². The molecule has 2 amide bonds. The minimum Gasteiger partial charge on any atom is -0.497 e. The standard InChI is InChI=1S/C30H40FN5O4/c1-39-27-4-2-3-24(19-27)29(37)36-22-26(20-28(36)30(38)34-11-9-32-10-12-34)35(14-13-33-15-17-40-18-16-33)21-23-5-7-25(31)8-6-23/h2-8,19,26,28,32H,9-18,20-22H2,1H3. The van der Waals surface area contributed by atoms with Crippen LogP contribution in [0.1, 0.15) is 22.3 Å². The number of nitrogens with one attached hydrogen (secondary N) is 1. The maximum Gasteiger partial charge on any atom is 0.254 e. The number of carbonyl (C=O) groups is 2. The monoisotopic (exact) mass is 553 g/mol. The number of benzene rings is 2. The molecular weight excluding hydrogens is 513 g/mol. The Kier molecular flexibility index (Phi) is 9.64. The Hall–Kier alpha value is -3.05. The highest BCUT2D eigenvalue weighted by Gasteiger charge is 2.43. The second-order valence-corrected chi connectivity index (χ2v) is 10.7. The molecule has 40 heavy (non-hydrogen) atoms. The van der Waals surface area contributed by atoms with Gasteiger partial charge in [0.05, 0.1) is 20.3 Å². The number of rotatable bonds is 9. The van der Waals surface area contributed by atoms with Crippen LogP contribution in [0.2, 0.25) is 0 Å². The third-order valence-electron chi connectivity index (χ3n) is 8.19. The van der Waals surface area contributed by atoms with E-state index < -0.39 is 6.04 Å². The lowest BCUT2D eigenvalue weighted by Crippen LogP contribution is -2.53. The average Bonchev–Trinajstić information content (AvgIpc) is 3.46. The van der Waals surface area contributed by atoms with Crippen molar-refractivity contribution >= 4 is 11.8 Å². The van der Waals surface area contributed by atoms with Gasteiger partial charge in [0, 0.05) is 77.1 Å². The summed E-state index contributed by atoms with van der Waals surface area (Å²) < 4.78 is 24.5. The fourth-order valence-electron chi connectivity index (χ4n) is 5.86. The first kappa shape index (κ1) is 28.5. The number of piperazine rings is 1. The highest BCUT2D eigenvalue weighted by molar-refractivity contribution is 5.98. The van der Waals surface area contributed by atoms with E-state index in [4.69, 9.17) is 9.47 Å². The third kappa shape index (κ3) is 6.98. The van der Waals surface area contributed by atoms with E-state index in [1.807, 2.05) is 23.1 Å². The molecule has 3 saturated heterocycles. The summed E-state index contributed by atoms with van der Waals surface area (Å²) in [6, 6.07) is 13.2. The van der Waals surface area contributed by atoms with Gasteiger partial charge < -0.3 is 24.6 Å². The Bertz CT molecular complexity index is 1140. The van der Waals surface area contributed by atoms with E-state index in [1.165, 1.54) is 12.1 Å². The quantitative estimate of drug-likeness (QED) is 0.507. The average molecular weight is 554 g/mol. The summed E-state index contributed by atoms with van der Waals surface area (Å²) in [6.07, 6.45) is 0.558. The van der Waals surface area contributed by atoms with Gasteiger partial charge in [0.25, 0.3) is 5.91 Å².